The summed E-state index contributed by atoms with van der Waals surface area (Å²) in [6, 6.07) is 14.4. The highest BCUT2D eigenvalue weighted by Crippen LogP contribution is 2.49. The number of benzene rings is 2. The van der Waals surface area contributed by atoms with Gasteiger partial charge in [0.2, 0.25) is 5.91 Å². The van der Waals surface area contributed by atoms with Crippen LogP contribution in [0.1, 0.15) is 18.0 Å². The molecule has 138 valence electrons. The van der Waals surface area contributed by atoms with Crippen molar-refractivity contribution in [2.45, 2.75) is 18.5 Å². The first-order valence-corrected chi connectivity index (χ1v) is 10.2. The van der Waals surface area contributed by atoms with Gasteiger partial charge in [-0.25, -0.2) is 14.9 Å². The predicted octanol–water partition coefficient (Wildman–Crippen LogP) is 3.64. The van der Waals surface area contributed by atoms with Gasteiger partial charge in [-0.15, -0.1) is 0 Å². The van der Waals surface area contributed by atoms with Gasteiger partial charge >= 0.3 is 0 Å². The van der Waals surface area contributed by atoms with Crippen LogP contribution in [0.3, 0.4) is 0 Å². The average molecular weight is 447 g/mol. The highest BCUT2D eigenvalue weighted by Gasteiger charge is 2.62. The SMILES string of the molecule is O=C1C2C(C(=O)N1c1ccc(Cl)cc1)N1CCCN1C2c1ccc(Br)cc1. The minimum atomic E-state index is -0.427. The molecular formula is C20H17BrClN3O2. The Morgan fingerprint density at radius 3 is 2.15 bits per heavy atom. The molecule has 3 unspecified atom stereocenters. The molecule has 0 saturated carbocycles. The molecule has 0 N–H and O–H groups in total. The Labute approximate surface area is 170 Å². The van der Waals surface area contributed by atoms with E-state index in [0.29, 0.717) is 10.7 Å². The van der Waals surface area contributed by atoms with Crippen LogP contribution in [0.2, 0.25) is 5.02 Å². The third kappa shape index (κ3) is 2.58. The van der Waals surface area contributed by atoms with E-state index in [-0.39, 0.29) is 17.9 Å². The first-order chi connectivity index (χ1) is 13.1. The molecule has 0 aliphatic carbocycles. The lowest BCUT2D eigenvalue weighted by molar-refractivity contribution is -0.126. The number of rotatable bonds is 2. The number of carbonyl (C=O) groups excluding carboxylic acids is 2. The normalized spacial score (nSPS) is 28.1. The van der Waals surface area contributed by atoms with Gasteiger partial charge in [-0.1, -0.05) is 39.7 Å². The Morgan fingerprint density at radius 2 is 1.48 bits per heavy atom. The summed E-state index contributed by atoms with van der Waals surface area (Å²) in [7, 11) is 0. The molecule has 3 atom stereocenters. The van der Waals surface area contributed by atoms with Crippen LogP contribution in [-0.2, 0) is 9.59 Å². The van der Waals surface area contributed by atoms with Crippen molar-refractivity contribution in [3.8, 4) is 0 Å². The van der Waals surface area contributed by atoms with Crippen LogP contribution in [0.15, 0.2) is 53.0 Å². The zero-order valence-electron chi connectivity index (χ0n) is 14.4. The minimum Gasteiger partial charge on any atom is -0.274 e. The van der Waals surface area contributed by atoms with Gasteiger partial charge < -0.3 is 0 Å². The average Bonchev–Trinajstić information content (AvgIpc) is 3.30. The number of halogens is 2. The van der Waals surface area contributed by atoms with E-state index in [9.17, 15) is 9.59 Å². The summed E-state index contributed by atoms with van der Waals surface area (Å²) in [5.74, 6) is -0.664. The van der Waals surface area contributed by atoms with Crippen molar-refractivity contribution < 1.29 is 9.59 Å². The molecule has 0 bridgehead atoms. The van der Waals surface area contributed by atoms with E-state index in [1.165, 1.54) is 4.90 Å². The van der Waals surface area contributed by atoms with Gasteiger partial charge in [0.25, 0.3) is 5.91 Å². The second-order valence-electron chi connectivity index (χ2n) is 7.14. The number of imide groups is 1. The highest BCUT2D eigenvalue weighted by molar-refractivity contribution is 9.10. The van der Waals surface area contributed by atoms with Crippen LogP contribution in [0, 0.1) is 5.92 Å². The molecule has 3 saturated heterocycles. The molecule has 3 heterocycles. The molecule has 0 aromatic heterocycles. The van der Waals surface area contributed by atoms with Gasteiger partial charge in [0.1, 0.15) is 6.04 Å². The zero-order valence-corrected chi connectivity index (χ0v) is 16.7. The molecule has 27 heavy (non-hydrogen) atoms. The largest absolute Gasteiger partial charge is 0.274 e. The van der Waals surface area contributed by atoms with Gasteiger partial charge in [0, 0.05) is 22.6 Å². The van der Waals surface area contributed by atoms with E-state index in [1.54, 1.807) is 24.3 Å². The Balaban J connectivity index is 1.57. The molecule has 3 aliphatic heterocycles. The fourth-order valence-corrected chi connectivity index (χ4v) is 5.01. The standard InChI is InChI=1S/C20H17BrClN3O2/c21-13-4-2-12(3-5-13)17-16-18(24-11-1-10-23(17)24)20(27)25(19(16)26)15-8-6-14(22)7-9-15/h2-9,16-18H,1,10-11H2. The van der Waals surface area contributed by atoms with Crippen molar-refractivity contribution in [1.29, 1.82) is 0 Å². The molecule has 2 aromatic rings. The van der Waals surface area contributed by atoms with Crippen molar-refractivity contribution in [3.05, 3.63) is 63.6 Å². The number of anilines is 1. The van der Waals surface area contributed by atoms with E-state index in [2.05, 4.69) is 25.9 Å². The fourth-order valence-electron chi connectivity index (χ4n) is 4.62. The number of amides is 2. The summed E-state index contributed by atoms with van der Waals surface area (Å²) in [6.45, 7) is 1.68. The van der Waals surface area contributed by atoms with E-state index in [0.717, 1.165) is 29.5 Å². The monoisotopic (exact) mass is 445 g/mol. The highest BCUT2D eigenvalue weighted by atomic mass is 79.9. The summed E-state index contributed by atoms with van der Waals surface area (Å²) in [5.41, 5.74) is 1.65. The lowest BCUT2D eigenvalue weighted by atomic mass is 9.90. The number of fused-ring (bicyclic) bond motifs is 3. The van der Waals surface area contributed by atoms with Gasteiger partial charge in [0.05, 0.1) is 17.6 Å². The zero-order chi connectivity index (χ0) is 18.7. The van der Waals surface area contributed by atoms with Gasteiger partial charge in [-0.3, -0.25) is 9.59 Å². The van der Waals surface area contributed by atoms with Crippen LogP contribution in [-0.4, -0.2) is 41.0 Å². The maximum absolute atomic E-state index is 13.4. The van der Waals surface area contributed by atoms with Crippen molar-refractivity contribution in [2.24, 2.45) is 5.92 Å². The number of nitrogens with zero attached hydrogens (tertiary/aromatic N) is 3. The number of hydrazine groups is 1. The van der Waals surface area contributed by atoms with Gasteiger partial charge in [0.15, 0.2) is 0 Å². The topological polar surface area (TPSA) is 43.9 Å². The van der Waals surface area contributed by atoms with Crippen LogP contribution in [0.4, 0.5) is 5.69 Å². The molecule has 3 aliphatic rings. The molecule has 0 radical (unpaired) electrons. The number of hydrogen-bond acceptors (Lipinski definition) is 4. The van der Waals surface area contributed by atoms with Crippen molar-refractivity contribution in [3.63, 3.8) is 0 Å². The maximum Gasteiger partial charge on any atom is 0.253 e. The number of hydrogen-bond donors (Lipinski definition) is 0. The van der Waals surface area contributed by atoms with Crippen LogP contribution >= 0.6 is 27.5 Å². The van der Waals surface area contributed by atoms with Crippen molar-refractivity contribution in [1.82, 2.24) is 10.0 Å². The van der Waals surface area contributed by atoms with Crippen LogP contribution < -0.4 is 4.90 Å². The lowest BCUT2D eigenvalue weighted by Crippen LogP contribution is -2.44. The third-order valence-corrected chi connectivity index (χ3v) is 6.48. The molecule has 7 heteroatoms. The quantitative estimate of drug-likeness (QED) is 0.661. The molecular weight excluding hydrogens is 430 g/mol. The predicted molar refractivity (Wildman–Crippen MR) is 106 cm³/mol. The molecule has 2 amide bonds. The minimum absolute atomic E-state index is 0.112. The molecule has 5 nitrogen and oxygen atoms in total. The molecule has 0 spiro atoms. The lowest BCUT2D eigenvalue weighted by Gasteiger charge is -2.29. The first-order valence-electron chi connectivity index (χ1n) is 8.98. The Bertz CT molecular complexity index is 918. The first kappa shape index (κ1) is 17.4. The van der Waals surface area contributed by atoms with Gasteiger partial charge in [-0.2, -0.15) is 0 Å². The second-order valence-corrected chi connectivity index (χ2v) is 8.49. The Kier molecular flexibility index (Phi) is 4.13. The molecule has 5 rings (SSSR count). The smallest absolute Gasteiger partial charge is 0.253 e. The van der Waals surface area contributed by atoms with Gasteiger partial charge in [-0.05, 0) is 48.4 Å². The fraction of sp³-hybridized carbons (Fsp3) is 0.300. The summed E-state index contributed by atoms with van der Waals surface area (Å²) < 4.78 is 0.996. The van der Waals surface area contributed by atoms with E-state index < -0.39 is 12.0 Å². The second kappa shape index (κ2) is 6.41. The molecule has 2 aromatic carbocycles. The van der Waals surface area contributed by atoms with Crippen molar-refractivity contribution >= 4 is 45.0 Å². The Morgan fingerprint density at radius 1 is 0.852 bits per heavy atom. The third-order valence-electron chi connectivity index (χ3n) is 5.70. The van der Waals surface area contributed by atoms with Crippen LogP contribution in [0.5, 0.6) is 0 Å². The van der Waals surface area contributed by atoms with E-state index >= 15 is 0 Å². The number of carbonyl (C=O) groups is 2. The summed E-state index contributed by atoms with van der Waals surface area (Å²) in [6.07, 6.45) is 0.999. The van der Waals surface area contributed by atoms with Crippen molar-refractivity contribution in [2.75, 3.05) is 18.0 Å². The maximum atomic E-state index is 13.4. The molecule has 3 fully saturated rings. The Hall–Kier alpha value is -1.73. The summed E-state index contributed by atoms with van der Waals surface area (Å²) >= 11 is 9.44. The van der Waals surface area contributed by atoms with E-state index in [4.69, 9.17) is 11.6 Å². The summed E-state index contributed by atoms with van der Waals surface area (Å²) in [4.78, 5) is 28.0. The van der Waals surface area contributed by atoms with Crippen LogP contribution in [0.25, 0.3) is 0 Å². The van der Waals surface area contributed by atoms with E-state index in [1.807, 2.05) is 24.3 Å². The summed E-state index contributed by atoms with van der Waals surface area (Å²) in [5, 5.41) is 4.90.